The highest BCUT2D eigenvalue weighted by Gasteiger charge is 2.46. The summed E-state index contributed by atoms with van der Waals surface area (Å²) in [6.45, 7) is 8.14. The fourth-order valence-electron chi connectivity index (χ4n) is 2.71. The van der Waals surface area contributed by atoms with Gasteiger partial charge in [-0.3, -0.25) is 4.90 Å². The van der Waals surface area contributed by atoms with E-state index in [1.165, 1.54) is 0 Å². The van der Waals surface area contributed by atoms with Gasteiger partial charge in [0.1, 0.15) is 5.54 Å². The molecule has 1 aliphatic heterocycles. The summed E-state index contributed by atoms with van der Waals surface area (Å²) in [5.74, 6) is -0.159. The van der Waals surface area contributed by atoms with Gasteiger partial charge >= 0.3 is 5.97 Å². The maximum Gasteiger partial charge on any atom is 0.333 e. The van der Waals surface area contributed by atoms with Crippen molar-refractivity contribution in [2.24, 2.45) is 0 Å². The van der Waals surface area contributed by atoms with E-state index in [1.54, 1.807) is 0 Å². The van der Waals surface area contributed by atoms with Crippen LogP contribution in [0.3, 0.4) is 0 Å². The zero-order chi connectivity index (χ0) is 15.5. The molecular weight excluding hydrogens is 332 g/mol. The fraction of sp³-hybridized carbons (Fsp3) is 0.562. The second-order valence-electron chi connectivity index (χ2n) is 5.75. The first-order chi connectivity index (χ1) is 9.97. The lowest BCUT2D eigenvalue weighted by Gasteiger charge is -2.30. The number of ether oxygens (including phenoxy) is 1. The molecule has 5 heteroatoms. The van der Waals surface area contributed by atoms with E-state index in [1.807, 2.05) is 31.2 Å². The lowest BCUT2D eigenvalue weighted by Crippen LogP contribution is -2.50. The zero-order valence-corrected chi connectivity index (χ0v) is 14.4. The molecule has 1 unspecified atom stereocenters. The molecule has 0 aliphatic carbocycles. The average Bonchev–Trinajstić information content (AvgIpc) is 2.85. The van der Waals surface area contributed by atoms with Crippen LogP contribution in [0.4, 0.5) is 5.69 Å². The number of carbonyl (C=O) groups is 1. The third kappa shape index (κ3) is 3.77. The number of likely N-dealkylation sites (tertiary alicyclic amines) is 1. The van der Waals surface area contributed by atoms with Gasteiger partial charge in [-0.1, -0.05) is 22.0 Å². The summed E-state index contributed by atoms with van der Waals surface area (Å²) in [4.78, 5) is 14.8. The molecular formula is C16H23BrN2O2. The highest BCUT2D eigenvalue weighted by molar-refractivity contribution is 9.10. The van der Waals surface area contributed by atoms with Gasteiger partial charge in [-0.05, 0) is 45.4 Å². The van der Waals surface area contributed by atoms with Crippen molar-refractivity contribution in [1.29, 1.82) is 0 Å². The molecule has 0 saturated carbocycles. The summed E-state index contributed by atoms with van der Waals surface area (Å²) < 4.78 is 6.31. The Kier molecular flexibility index (Phi) is 5.27. The van der Waals surface area contributed by atoms with Gasteiger partial charge in [0.15, 0.2) is 0 Å². The molecule has 0 amide bonds. The number of anilines is 1. The first-order valence-electron chi connectivity index (χ1n) is 7.42. The molecule has 0 radical (unpaired) electrons. The van der Waals surface area contributed by atoms with Crippen LogP contribution in [0, 0.1) is 0 Å². The molecule has 1 heterocycles. The van der Waals surface area contributed by atoms with Crippen molar-refractivity contribution >= 4 is 27.6 Å². The van der Waals surface area contributed by atoms with Crippen molar-refractivity contribution in [2.75, 3.05) is 25.0 Å². The molecule has 4 nitrogen and oxygen atoms in total. The van der Waals surface area contributed by atoms with E-state index < -0.39 is 5.54 Å². The Balaban J connectivity index is 2.23. The lowest BCUT2D eigenvalue weighted by atomic mass is 9.98. The standard InChI is InChI=1S/C16H23BrN2O2/c1-4-21-15(20)16(8-9-19(11-16)12(2)3)18-14-7-5-6-13(17)10-14/h5-7,10,12,18H,4,8-9,11H2,1-3H3. The molecule has 1 aliphatic rings. The predicted molar refractivity (Wildman–Crippen MR) is 88.5 cm³/mol. The molecule has 1 N–H and O–H groups in total. The molecule has 1 saturated heterocycles. The van der Waals surface area contributed by atoms with E-state index in [2.05, 4.69) is 40.0 Å². The van der Waals surface area contributed by atoms with Crippen molar-refractivity contribution in [3.8, 4) is 0 Å². The predicted octanol–water partition coefficient (Wildman–Crippen LogP) is 3.28. The molecule has 21 heavy (non-hydrogen) atoms. The third-order valence-electron chi connectivity index (χ3n) is 3.90. The van der Waals surface area contributed by atoms with Gasteiger partial charge in [-0.25, -0.2) is 4.79 Å². The Morgan fingerprint density at radius 2 is 2.29 bits per heavy atom. The molecule has 0 spiro atoms. The van der Waals surface area contributed by atoms with Gasteiger partial charge < -0.3 is 10.1 Å². The Bertz CT molecular complexity index is 507. The maximum atomic E-state index is 12.5. The van der Waals surface area contributed by atoms with Crippen LogP contribution in [0.25, 0.3) is 0 Å². The second-order valence-corrected chi connectivity index (χ2v) is 6.67. The van der Waals surface area contributed by atoms with Crippen LogP contribution in [-0.4, -0.2) is 42.1 Å². The van der Waals surface area contributed by atoms with Crippen LogP contribution in [0.5, 0.6) is 0 Å². The van der Waals surface area contributed by atoms with Crippen LogP contribution < -0.4 is 5.32 Å². The average molecular weight is 355 g/mol. The number of rotatable bonds is 5. The van der Waals surface area contributed by atoms with Gasteiger partial charge in [0, 0.05) is 29.3 Å². The minimum atomic E-state index is -0.652. The summed E-state index contributed by atoms with van der Waals surface area (Å²) in [5.41, 5.74) is 0.282. The largest absolute Gasteiger partial charge is 0.464 e. The van der Waals surface area contributed by atoms with E-state index in [9.17, 15) is 4.79 Å². The summed E-state index contributed by atoms with van der Waals surface area (Å²) in [5, 5.41) is 3.42. The first-order valence-corrected chi connectivity index (χ1v) is 8.21. The van der Waals surface area contributed by atoms with Gasteiger partial charge in [-0.15, -0.1) is 0 Å². The van der Waals surface area contributed by atoms with E-state index in [-0.39, 0.29) is 5.97 Å². The molecule has 116 valence electrons. The van der Waals surface area contributed by atoms with Gasteiger partial charge in [0.25, 0.3) is 0 Å². The van der Waals surface area contributed by atoms with Crippen LogP contribution in [0.1, 0.15) is 27.2 Å². The lowest BCUT2D eigenvalue weighted by molar-refractivity contribution is -0.148. The van der Waals surface area contributed by atoms with Gasteiger partial charge in [0.2, 0.25) is 0 Å². The van der Waals surface area contributed by atoms with Crippen molar-refractivity contribution in [1.82, 2.24) is 4.90 Å². The Hall–Kier alpha value is -1.07. The van der Waals surface area contributed by atoms with Crippen LogP contribution in [0.2, 0.25) is 0 Å². The molecule has 1 fully saturated rings. The molecule has 1 aromatic rings. The van der Waals surface area contributed by atoms with Crippen LogP contribution in [-0.2, 0) is 9.53 Å². The highest BCUT2D eigenvalue weighted by atomic mass is 79.9. The topological polar surface area (TPSA) is 41.6 Å². The highest BCUT2D eigenvalue weighted by Crippen LogP contribution is 2.30. The van der Waals surface area contributed by atoms with E-state index in [0.717, 1.165) is 23.1 Å². The number of nitrogens with zero attached hydrogens (tertiary/aromatic N) is 1. The van der Waals surface area contributed by atoms with Gasteiger partial charge in [0.05, 0.1) is 6.61 Å². The number of nitrogens with one attached hydrogen (secondary N) is 1. The van der Waals surface area contributed by atoms with Crippen molar-refractivity contribution in [2.45, 2.75) is 38.8 Å². The fourth-order valence-corrected chi connectivity index (χ4v) is 3.11. The number of carbonyl (C=O) groups excluding carboxylic acids is 1. The van der Waals surface area contributed by atoms with Crippen molar-refractivity contribution < 1.29 is 9.53 Å². The van der Waals surface area contributed by atoms with E-state index in [4.69, 9.17) is 4.74 Å². The van der Waals surface area contributed by atoms with E-state index >= 15 is 0 Å². The second kappa shape index (κ2) is 6.79. The van der Waals surface area contributed by atoms with Crippen LogP contribution >= 0.6 is 15.9 Å². The number of esters is 1. The Labute approximate surface area is 135 Å². The smallest absolute Gasteiger partial charge is 0.333 e. The maximum absolute atomic E-state index is 12.5. The third-order valence-corrected chi connectivity index (χ3v) is 4.40. The van der Waals surface area contributed by atoms with Crippen molar-refractivity contribution in [3.63, 3.8) is 0 Å². The zero-order valence-electron chi connectivity index (χ0n) is 12.9. The first kappa shape index (κ1) is 16.3. The number of halogens is 1. The van der Waals surface area contributed by atoms with Crippen LogP contribution in [0.15, 0.2) is 28.7 Å². The Morgan fingerprint density at radius 1 is 1.52 bits per heavy atom. The minimum Gasteiger partial charge on any atom is -0.464 e. The normalized spacial score (nSPS) is 22.5. The minimum absolute atomic E-state index is 0.159. The molecule has 2 rings (SSSR count). The number of hydrogen-bond donors (Lipinski definition) is 1. The van der Waals surface area contributed by atoms with E-state index in [0.29, 0.717) is 19.2 Å². The number of hydrogen-bond acceptors (Lipinski definition) is 4. The van der Waals surface area contributed by atoms with Gasteiger partial charge in [-0.2, -0.15) is 0 Å². The number of benzene rings is 1. The molecule has 1 aromatic carbocycles. The monoisotopic (exact) mass is 354 g/mol. The quantitative estimate of drug-likeness (QED) is 0.823. The molecule has 0 bridgehead atoms. The summed E-state index contributed by atoms with van der Waals surface area (Å²) in [6.07, 6.45) is 0.760. The summed E-state index contributed by atoms with van der Waals surface area (Å²) in [7, 11) is 0. The van der Waals surface area contributed by atoms with Crippen molar-refractivity contribution in [3.05, 3.63) is 28.7 Å². The molecule has 0 aromatic heterocycles. The SMILES string of the molecule is CCOC(=O)C1(Nc2cccc(Br)c2)CCN(C(C)C)C1. The summed E-state index contributed by atoms with van der Waals surface area (Å²) in [6, 6.07) is 8.31. The summed E-state index contributed by atoms with van der Waals surface area (Å²) >= 11 is 3.47. The Morgan fingerprint density at radius 3 is 2.86 bits per heavy atom. The molecule has 1 atom stereocenters.